The van der Waals surface area contributed by atoms with Crippen molar-refractivity contribution in [1.82, 2.24) is 4.98 Å². The van der Waals surface area contributed by atoms with Crippen LogP contribution in [-0.4, -0.2) is 36.6 Å². The van der Waals surface area contributed by atoms with Gasteiger partial charge in [0.25, 0.3) is 6.43 Å². The molecule has 1 atom stereocenters. The Kier molecular flexibility index (Phi) is 4.46. The number of benzene rings is 1. The number of amidine groups is 1. The van der Waals surface area contributed by atoms with Gasteiger partial charge in [0.05, 0.1) is 14.4 Å². The minimum absolute atomic E-state index is 0.307. The van der Waals surface area contributed by atoms with E-state index in [0.29, 0.717) is 12.1 Å². The third-order valence-electron chi connectivity index (χ3n) is 3.91. The molecule has 1 aliphatic heterocycles. The van der Waals surface area contributed by atoms with Crippen molar-refractivity contribution in [2.75, 3.05) is 18.5 Å². The normalized spacial score (nSPS) is 21.7. The van der Waals surface area contributed by atoms with Crippen molar-refractivity contribution < 1.29 is 38.7 Å². The van der Waals surface area contributed by atoms with Crippen molar-refractivity contribution >= 4 is 29.2 Å². The summed E-state index contributed by atoms with van der Waals surface area (Å²) < 4.78 is 104. The average Bonchev–Trinajstić information content (AvgIpc) is 2.73. The van der Waals surface area contributed by atoms with E-state index in [2.05, 4.69) is 9.98 Å². The lowest BCUT2D eigenvalue weighted by Gasteiger charge is -2.33. The first kappa shape index (κ1) is 15.9. The highest BCUT2D eigenvalue weighted by Crippen LogP contribution is 2.38. The second-order valence-corrected chi connectivity index (χ2v) is 6.38. The Morgan fingerprint density at radius 1 is 1.50 bits per heavy atom. The lowest BCUT2D eigenvalue weighted by atomic mass is 9.89. The summed E-state index contributed by atoms with van der Waals surface area (Å²) in [7, 11) is 0. The maximum atomic E-state index is 14.5. The van der Waals surface area contributed by atoms with Gasteiger partial charge in [-0.05, 0) is 19.0 Å². The molecule has 0 fully saturated rings. The summed E-state index contributed by atoms with van der Waals surface area (Å²) in [6.45, 7) is -4.18. The first-order chi connectivity index (χ1) is 16.2. The smallest absolute Gasteiger partial charge is 0.391 e. The number of rotatable bonds is 4. The van der Waals surface area contributed by atoms with E-state index in [9.17, 15) is 22.4 Å². The molecule has 160 valence electrons. The number of anilines is 1. The minimum Gasteiger partial charge on any atom is -0.391 e. The van der Waals surface area contributed by atoms with Crippen LogP contribution in [0.4, 0.5) is 28.0 Å². The van der Waals surface area contributed by atoms with Crippen LogP contribution >= 0.6 is 11.6 Å². The van der Waals surface area contributed by atoms with Crippen LogP contribution in [0.5, 0.6) is 5.88 Å². The Morgan fingerprint density at radius 2 is 2.27 bits per heavy atom. The van der Waals surface area contributed by atoms with Crippen molar-refractivity contribution in [3.63, 3.8) is 0 Å². The van der Waals surface area contributed by atoms with Gasteiger partial charge in [0.15, 0.2) is 17.2 Å². The largest absolute Gasteiger partial charge is 0.418 e. The topological polar surface area (TPSA) is 98.8 Å². The number of ether oxygens (including phenoxy) is 2. The molecule has 0 radical (unpaired) electrons. The SMILES string of the molecule is [2H]c1nc(OC(=O)Nc2cc(F)c(F)c([C@]3(C(F)F)COCC(N)=N3)c2)c(C([2H])([2H])[2H])c([2H])c1Cl. The first-order valence-corrected chi connectivity index (χ1v) is 8.40. The third kappa shape index (κ3) is 4.31. The number of carbonyl (C=O) groups is 1. The van der Waals surface area contributed by atoms with Gasteiger partial charge >= 0.3 is 6.09 Å². The zero-order valence-corrected chi connectivity index (χ0v) is 15.5. The van der Waals surface area contributed by atoms with Gasteiger partial charge in [0.1, 0.15) is 12.4 Å². The molecule has 1 aromatic carbocycles. The first-order valence-electron chi connectivity index (χ1n) is 10.5. The molecule has 3 N–H and O–H groups in total. The molecule has 30 heavy (non-hydrogen) atoms. The number of aromatic nitrogens is 1. The summed E-state index contributed by atoms with van der Waals surface area (Å²) in [6, 6.07) is 0.265. The second-order valence-electron chi connectivity index (χ2n) is 6.00. The second kappa shape index (κ2) is 8.44. The zero-order valence-electron chi connectivity index (χ0n) is 19.7. The summed E-state index contributed by atoms with van der Waals surface area (Å²) in [6.07, 6.45) is -5.67. The minimum atomic E-state index is -3.39. The quantitative estimate of drug-likeness (QED) is 0.689. The van der Waals surface area contributed by atoms with Gasteiger partial charge in [-0.25, -0.2) is 27.3 Å². The number of nitrogens with one attached hydrogen (secondary N) is 1. The molecule has 0 unspecified atom stereocenters. The fourth-order valence-electron chi connectivity index (χ4n) is 2.63. The van der Waals surface area contributed by atoms with E-state index in [1.807, 2.05) is 5.32 Å². The Hall–Kier alpha value is -2.92. The van der Waals surface area contributed by atoms with E-state index < -0.39 is 88.9 Å². The number of aliphatic imine (C=N–C) groups is 1. The zero-order chi connectivity index (χ0) is 26.3. The highest BCUT2D eigenvalue weighted by molar-refractivity contribution is 6.30. The lowest BCUT2D eigenvalue weighted by molar-refractivity contribution is -0.0148. The Morgan fingerprint density at radius 3 is 2.93 bits per heavy atom. The standard InChI is InChI=1S/C18H15ClF4N4O3/c1-8-2-9(19)5-25-15(8)30-17(28)26-10-3-11(14(21)12(20)4-10)18(16(22)23)7-29-6-13(24)27-18/h2-5,16H,6-7H2,1H3,(H2,24,27)(H,26,28)/t18-/m0/s1/i1D3,2D,5D. The van der Waals surface area contributed by atoms with Crippen molar-refractivity contribution in [3.05, 3.63) is 52.1 Å². The van der Waals surface area contributed by atoms with E-state index >= 15 is 0 Å². The summed E-state index contributed by atoms with van der Waals surface area (Å²) >= 11 is 5.69. The molecule has 3 rings (SSSR count). The summed E-state index contributed by atoms with van der Waals surface area (Å²) in [4.78, 5) is 19.4. The number of amides is 1. The molecule has 1 amide bonds. The van der Waals surface area contributed by atoms with Gasteiger partial charge in [-0.2, -0.15) is 0 Å². The number of carbonyl (C=O) groups excluding carboxylic acids is 1. The molecule has 7 nitrogen and oxygen atoms in total. The summed E-state index contributed by atoms with van der Waals surface area (Å²) in [5.74, 6) is -4.68. The van der Waals surface area contributed by atoms with Crippen LogP contribution < -0.4 is 15.8 Å². The van der Waals surface area contributed by atoms with Crippen LogP contribution in [0.15, 0.2) is 29.3 Å². The highest BCUT2D eigenvalue weighted by atomic mass is 35.5. The maximum Gasteiger partial charge on any atom is 0.418 e. The van der Waals surface area contributed by atoms with Crippen molar-refractivity contribution in [2.45, 2.75) is 18.8 Å². The Bertz CT molecular complexity index is 1220. The molecule has 0 aliphatic carbocycles. The Labute approximate surface area is 179 Å². The lowest BCUT2D eigenvalue weighted by Crippen LogP contribution is -2.45. The van der Waals surface area contributed by atoms with Crippen LogP contribution in [0.1, 0.15) is 18.0 Å². The molecule has 12 heteroatoms. The van der Waals surface area contributed by atoms with Gasteiger partial charge < -0.3 is 15.2 Å². The number of nitrogens with zero attached hydrogens (tertiary/aromatic N) is 2. The molecular weight excluding hydrogens is 432 g/mol. The van der Waals surface area contributed by atoms with Crippen LogP contribution in [-0.2, 0) is 10.3 Å². The molecule has 0 bridgehead atoms. The van der Waals surface area contributed by atoms with E-state index in [-0.39, 0.29) is 6.61 Å². The third-order valence-corrected chi connectivity index (χ3v) is 4.09. The van der Waals surface area contributed by atoms with Gasteiger partial charge in [-0.3, -0.25) is 10.3 Å². The van der Waals surface area contributed by atoms with E-state index in [1.54, 1.807) is 0 Å². The number of nitrogens with two attached hydrogens (primary N) is 1. The highest BCUT2D eigenvalue weighted by Gasteiger charge is 2.47. The van der Waals surface area contributed by atoms with Gasteiger partial charge in [-0.1, -0.05) is 11.6 Å². The van der Waals surface area contributed by atoms with E-state index in [0.717, 1.165) is 0 Å². The number of hydrogen-bond donors (Lipinski definition) is 2. The monoisotopic (exact) mass is 451 g/mol. The fraction of sp³-hybridized carbons (Fsp3) is 0.278. The number of hydrogen-bond acceptors (Lipinski definition) is 6. The maximum absolute atomic E-state index is 14.5. The number of alkyl halides is 2. The molecule has 0 saturated carbocycles. The number of pyridine rings is 1. The van der Waals surface area contributed by atoms with Crippen LogP contribution in [0.3, 0.4) is 0 Å². The molecule has 1 aliphatic rings. The predicted molar refractivity (Wildman–Crippen MR) is 100 cm³/mol. The van der Waals surface area contributed by atoms with Crippen molar-refractivity contribution in [3.8, 4) is 5.88 Å². The van der Waals surface area contributed by atoms with Crippen LogP contribution in [0.25, 0.3) is 0 Å². The average molecular weight is 452 g/mol. The molecular formula is C18H15ClF4N4O3. The van der Waals surface area contributed by atoms with Crippen molar-refractivity contribution in [2.24, 2.45) is 10.7 Å². The van der Waals surface area contributed by atoms with Crippen LogP contribution in [0.2, 0.25) is 5.02 Å². The predicted octanol–water partition coefficient (Wildman–Crippen LogP) is 3.78. The van der Waals surface area contributed by atoms with Crippen molar-refractivity contribution in [1.29, 1.82) is 0 Å². The Balaban J connectivity index is 1.99. The fourth-order valence-corrected chi connectivity index (χ4v) is 2.76. The summed E-state index contributed by atoms with van der Waals surface area (Å²) in [5, 5.41) is 1.31. The summed E-state index contributed by atoms with van der Waals surface area (Å²) in [5.41, 5.74) is 0.309. The molecule has 1 aromatic heterocycles. The molecule has 0 spiro atoms. The molecule has 0 saturated heterocycles. The van der Waals surface area contributed by atoms with Crippen LogP contribution in [0, 0.1) is 18.5 Å². The van der Waals surface area contributed by atoms with E-state index in [4.69, 9.17) is 33.7 Å². The number of halogens is 5. The van der Waals surface area contributed by atoms with Gasteiger partial charge in [0, 0.05) is 33.2 Å². The van der Waals surface area contributed by atoms with E-state index in [1.165, 1.54) is 0 Å². The molecule has 2 aromatic rings. The van der Waals surface area contributed by atoms with Gasteiger partial charge in [-0.15, -0.1) is 0 Å². The van der Waals surface area contributed by atoms with Gasteiger partial charge in [0.2, 0.25) is 5.88 Å². The molecule has 2 heterocycles.